The monoisotopic (exact) mass is 275 g/mol. The molecule has 0 aromatic heterocycles. The second kappa shape index (κ2) is 10.6. The Morgan fingerprint density at radius 2 is 1.70 bits per heavy atom. The van der Waals surface area contributed by atoms with E-state index in [0.29, 0.717) is 5.69 Å². The number of nitrogens with one attached hydrogen (secondary N) is 1. The van der Waals surface area contributed by atoms with E-state index >= 15 is 0 Å². The summed E-state index contributed by atoms with van der Waals surface area (Å²) in [6, 6.07) is 10.9. The summed E-state index contributed by atoms with van der Waals surface area (Å²) in [6.45, 7) is 4.25. The van der Waals surface area contributed by atoms with Crippen LogP contribution in [0.25, 0.3) is 10.8 Å². The molecule has 0 saturated heterocycles. The van der Waals surface area contributed by atoms with Crippen molar-refractivity contribution in [3.8, 4) is 5.75 Å². The van der Waals surface area contributed by atoms with Gasteiger partial charge < -0.3 is 5.11 Å². The molecule has 0 aliphatic heterocycles. The second-order valence-corrected chi connectivity index (χ2v) is 3.86. The largest absolute Gasteiger partial charge is 0.505 e. The van der Waals surface area contributed by atoms with Gasteiger partial charge in [-0.3, -0.25) is 0 Å². The van der Waals surface area contributed by atoms with Crippen molar-refractivity contribution in [1.29, 1.82) is 5.52 Å². The molecule has 5 heteroatoms. The molecule has 0 atom stereocenters. The predicted octanol–water partition coefficient (Wildman–Crippen LogP) is 5.32. The quantitative estimate of drug-likeness (QED) is 0.678. The molecule has 0 spiro atoms. The molecule has 20 heavy (non-hydrogen) atoms. The predicted molar refractivity (Wildman–Crippen MR) is 83.1 cm³/mol. The zero-order valence-electron chi connectivity index (χ0n) is 13.4. The Kier molecular flexibility index (Phi) is 8.36. The number of benzene rings is 2. The van der Waals surface area contributed by atoms with Gasteiger partial charge in [0.15, 0.2) is 5.75 Å². The first kappa shape index (κ1) is 15.8. The minimum Gasteiger partial charge on any atom is -0.505 e. The Balaban J connectivity index is 0.000000486. The van der Waals surface area contributed by atoms with Gasteiger partial charge >= 0.3 is 0 Å². The fraction of sp³-hybridized carbons (Fsp3) is 0.333. The van der Waals surface area contributed by atoms with E-state index in [-0.39, 0.29) is 5.75 Å². The Labute approximate surface area is 121 Å². The lowest BCUT2D eigenvalue weighted by Crippen LogP contribution is -1.73. The molecule has 0 unspecified atom stereocenters. The van der Waals surface area contributed by atoms with E-state index in [1.807, 2.05) is 24.3 Å². The van der Waals surface area contributed by atoms with Crippen molar-refractivity contribution in [2.45, 2.75) is 20.3 Å². The molecule has 2 aromatic rings. The summed E-state index contributed by atoms with van der Waals surface area (Å²) < 4.78 is 6.59. The fourth-order valence-corrected chi connectivity index (χ4v) is 1.32. The van der Waals surface area contributed by atoms with Crippen LogP contribution in [0.1, 0.15) is 20.3 Å². The standard InChI is InChI=1S/C10H8N2O.C3H8.C2H6N2/c11-12-9-6-5-7-3-1-2-4-8(7)10(9)13;1-3-2;1-3-4-2/h1-6,11,13H;3H2,1-2H3;1-2H3/i/hD. The number of phenols is 1. The van der Waals surface area contributed by atoms with E-state index in [1.54, 1.807) is 26.2 Å². The maximum absolute atomic E-state index is 9.74. The first-order valence-corrected chi connectivity index (χ1v) is 6.39. The van der Waals surface area contributed by atoms with E-state index < -0.39 is 0 Å². The average molecular weight is 275 g/mol. The van der Waals surface area contributed by atoms with Gasteiger partial charge in [0.2, 0.25) is 1.41 Å². The minimum atomic E-state index is 0.0686. The van der Waals surface area contributed by atoms with Crippen molar-refractivity contribution in [3.63, 3.8) is 0 Å². The van der Waals surface area contributed by atoms with Crippen LogP contribution in [0.15, 0.2) is 51.7 Å². The van der Waals surface area contributed by atoms with Gasteiger partial charge in [0, 0.05) is 19.5 Å². The smallest absolute Gasteiger partial charge is 0.214 e. The maximum Gasteiger partial charge on any atom is 0.214 e. The summed E-state index contributed by atoms with van der Waals surface area (Å²) >= 11 is 0. The van der Waals surface area contributed by atoms with Crippen molar-refractivity contribution >= 4 is 16.5 Å². The molecule has 5 nitrogen and oxygen atoms in total. The van der Waals surface area contributed by atoms with Crippen molar-refractivity contribution in [2.75, 3.05) is 14.1 Å². The number of aromatic hydroxyl groups is 1. The van der Waals surface area contributed by atoms with Crippen LogP contribution < -0.4 is 0 Å². The van der Waals surface area contributed by atoms with E-state index in [0.717, 1.165) is 10.8 Å². The topological polar surface area (TPSA) is 81.2 Å². The molecule has 0 aliphatic rings. The first-order chi connectivity index (χ1) is 10.2. The van der Waals surface area contributed by atoms with E-state index in [1.165, 1.54) is 6.42 Å². The lowest BCUT2D eigenvalue weighted by atomic mass is 10.1. The molecule has 0 radical (unpaired) electrons. The third-order valence-corrected chi connectivity index (χ3v) is 2.19. The summed E-state index contributed by atoms with van der Waals surface area (Å²) in [5.74, 6) is 0.0686. The molecule has 2 aromatic carbocycles. The number of fused-ring (bicyclic) bond motifs is 1. The minimum absolute atomic E-state index is 0.0686. The molecule has 2 N–H and O–H groups in total. The van der Waals surface area contributed by atoms with Gasteiger partial charge in [-0.1, -0.05) is 50.6 Å². The lowest BCUT2D eigenvalue weighted by molar-refractivity contribution is 0.482. The lowest BCUT2D eigenvalue weighted by Gasteiger charge is -2.01. The first-order valence-electron chi connectivity index (χ1n) is 6.84. The zero-order chi connectivity index (χ0) is 16.1. The van der Waals surface area contributed by atoms with E-state index in [9.17, 15) is 5.11 Å². The third-order valence-electron chi connectivity index (χ3n) is 2.19. The highest BCUT2D eigenvalue weighted by atomic mass is 16.3. The Morgan fingerprint density at radius 3 is 2.25 bits per heavy atom. The highest BCUT2D eigenvalue weighted by Crippen LogP contribution is 2.33. The van der Waals surface area contributed by atoms with Crippen LogP contribution >= 0.6 is 0 Å². The molecule has 0 bridgehead atoms. The molecular formula is C15H22N4O. The second-order valence-electron chi connectivity index (χ2n) is 3.86. The van der Waals surface area contributed by atoms with Gasteiger partial charge in [0.05, 0.1) is 0 Å². The Bertz CT molecular complexity index is 581. The Hall–Kier alpha value is -2.30. The number of rotatable bonds is 1. The van der Waals surface area contributed by atoms with E-state index in [4.69, 9.17) is 1.41 Å². The number of azo groups is 1. The normalized spacial score (nSPS) is 10.7. The highest BCUT2D eigenvalue weighted by Gasteiger charge is 2.03. The van der Waals surface area contributed by atoms with Gasteiger partial charge in [-0.2, -0.15) is 15.3 Å². The summed E-state index contributed by atoms with van der Waals surface area (Å²) in [6.07, 6.45) is 1.25. The van der Waals surface area contributed by atoms with Gasteiger partial charge in [-0.25, -0.2) is 5.52 Å². The van der Waals surface area contributed by atoms with Crippen molar-refractivity contribution < 1.29 is 6.52 Å². The molecule has 0 heterocycles. The van der Waals surface area contributed by atoms with Crippen molar-refractivity contribution in [1.82, 2.24) is 0 Å². The molecule has 0 saturated carbocycles. The van der Waals surface area contributed by atoms with Crippen LogP contribution in [0.4, 0.5) is 5.69 Å². The highest BCUT2D eigenvalue weighted by molar-refractivity contribution is 5.92. The SMILES string of the molecule is CCC.CN=NC.[2H]N=Nc1ccc2ccccc2c1O. The van der Waals surface area contributed by atoms with Crippen LogP contribution in [0.5, 0.6) is 5.75 Å². The van der Waals surface area contributed by atoms with Gasteiger partial charge in [-0.15, -0.1) is 0 Å². The van der Waals surface area contributed by atoms with Gasteiger partial charge in [0.1, 0.15) is 5.69 Å². The molecule has 0 aliphatic carbocycles. The Morgan fingerprint density at radius 1 is 1.10 bits per heavy atom. The number of nitrogens with zero attached hydrogens (tertiary/aromatic N) is 3. The number of hydrogen-bond acceptors (Lipinski definition) is 5. The summed E-state index contributed by atoms with van der Waals surface area (Å²) in [7, 11) is 3.28. The summed E-state index contributed by atoms with van der Waals surface area (Å²) in [5, 5.41) is 21.6. The van der Waals surface area contributed by atoms with Crippen LogP contribution in [-0.4, -0.2) is 19.2 Å². The van der Waals surface area contributed by atoms with Crippen LogP contribution in [0.3, 0.4) is 0 Å². The summed E-state index contributed by atoms with van der Waals surface area (Å²) in [4.78, 5) is 0. The molecule has 108 valence electrons. The molecular weight excluding hydrogens is 252 g/mol. The molecule has 0 fully saturated rings. The maximum atomic E-state index is 9.74. The van der Waals surface area contributed by atoms with Gasteiger partial charge in [0.25, 0.3) is 0 Å². The van der Waals surface area contributed by atoms with Gasteiger partial charge in [-0.05, 0) is 11.5 Å². The third kappa shape index (κ3) is 5.56. The zero-order valence-corrected chi connectivity index (χ0v) is 12.4. The fourth-order valence-electron chi connectivity index (χ4n) is 1.32. The van der Waals surface area contributed by atoms with Crippen molar-refractivity contribution in [3.05, 3.63) is 36.4 Å². The summed E-state index contributed by atoms with van der Waals surface area (Å²) in [5.41, 5.74) is 3.21. The number of hydrogen-bond donors (Lipinski definition) is 2. The average Bonchev–Trinajstić information content (AvgIpc) is 2.51. The van der Waals surface area contributed by atoms with Crippen LogP contribution in [-0.2, 0) is 0 Å². The molecule has 0 amide bonds. The van der Waals surface area contributed by atoms with Crippen LogP contribution in [0.2, 0.25) is 1.41 Å². The molecule has 2 rings (SSSR count). The van der Waals surface area contributed by atoms with Crippen molar-refractivity contribution in [2.24, 2.45) is 15.3 Å². The van der Waals surface area contributed by atoms with Crippen LogP contribution in [0, 0.1) is 5.52 Å². The number of phenolic OH excluding ortho intramolecular Hbond substituents is 1. The van der Waals surface area contributed by atoms with E-state index in [2.05, 4.69) is 34.7 Å².